The average molecular weight is 228 g/mol. The van der Waals surface area contributed by atoms with Crippen molar-refractivity contribution in [2.75, 3.05) is 5.75 Å². The monoisotopic (exact) mass is 228 g/mol. The van der Waals surface area contributed by atoms with E-state index in [1.54, 1.807) is 6.08 Å². The van der Waals surface area contributed by atoms with Crippen LogP contribution in [0.5, 0.6) is 0 Å². The third kappa shape index (κ3) is 11.9. The molecule has 0 atom stereocenters. The molecule has 78 valence electrons. The van der Waals surface area contributed by atoms with E-state index >= 15 is 0 Å². The van der Waals surface area contributed by atoms with Crippen molar-refractivity contribution in [1.29, 1.82) is 0 Å². The summed E-state index contributed by atoms with van der Waals surface area (Å²) >= 11 is 0.568. The van der Waals surface area contributed by atoms with E-state index < -0.39 is 10.5 Å². The summed E-state index contributed by atoms with van der Waals surface area (Å²) in [5.74, 6) is 0.340. The lowest BCUT2D eigenvalue weighted by atomic mass is 10.2. The quantitative estimate of drug-likeness (QED) is 0.291. The highest BCUT2D eigenvalue weighted by atomic mass is 32.3. The number of hydrogen-bond acceptors (Lipinski definition) is 4. The molecule has 0 saturated heterocycles. The van der Waals surface area contributed by atoms with Crippen LogP contribution in [-0.2, 0) is 14.1 Å². The van der Waals surface area contributed by atoms with Crippen LogP contribution in [0.15, 0.2) is 12.2 Å². The van der Waals surface area contributed by atoms with E-state index in [4.69, 9.17) is 0 Å². The molecular weight excluding hydrogens is 215 g/mol. The molecule has 0 heterocycles. The van der Waals surface area contributed by atoms with Crippen LogP contribution in [0.3, 0.4) is 0 Å². The van der Waals surface area contributed by atoms with E-state index in [0.717, 1.165) is 19.3 Å². The van der Waals surface area contributed by atoms with Gasteiger partial charge in [-0.15, -0.1) is 0 Å². The standard InChI is InChI=1S/C7H13FO3S2/c1-2-3-4-5-6-7-12-11-13(8,9)10/h5-6H,2-4,7H2,1H3. The summed E-state index contributed by atoms with van der Waals surface area (Å²) in [5.41, 5.74) is 0. The van der Waals surface area contributed by atoms with Gasteiger partial charge in [0, 0.05) is 17.8 Å². The Morgan fingerprint density at radius 3 is 2.69 bits per heavy atom. The molecule has 0 aliphatic rings. The normalized spacial score (nSPS) is 12.5. The Hall–Kier alpha value is -0.0700. The lowest BCUT2D eigenvalue weighted by Crippen LogP contribution is -1.90. The van der Waals surface area contributed by atoms with Gasteiger partial charge in [0.2, 0.25) is 0 Å². The molecule has 13 heavy (non-hydrogen) atoms. The maximum atomic E-state index is 11.7. The van der Waals surface area contributed by atoms with Crippen molar-refractivity contribution in [2.45, 2.75) is 26.2 Å². The van der Waals surface area contributed by atoms with Crippen LogP contribution in [0.4, 0.5) is 3.89 Å². The van der Waals surface area contributed by atoms with E-state index in [1.807, 2.05) is 6.08 Å². The van der Waals surface area contributed by atoms with Crippen molar-refractivity contribution in [2.24, 2.45) is 0 Å². The van der Waals surface area contributed by atoms with E-state index in [9.17, 15) is 12.3 Å². The zero-order valence-electron chi connectivity index (χ0n) is 7.40. The van der Waals surface area contributed by atoms with E-state index in [0.29, 0.717) is 17.8 Å². The fourth-order valence-corrected chi connectivity index (χ4v) is 1.53. The van der Waals surface area contributed by atoms with Gasteiger partial charge in [0.15, 0.2) is 0 Å². The highest BCUT2D eigenvalue weighted by Gasteiger charge is 2.05. The SMILES string of the molecule is CCCCC=CCSOS(=O)(=O)F. The minimum absolute atomic E-state index is 0.340. The van der Waals surface area contributed by atoms with Gasteiger partial charge < -0.3 is 0 Å². The summed E-state index contributed by atoms with van der Waals surface area (Å²) in [4.78, 5) is 0. The second-order valence-corrected chi connectivity index (χ2v) is 4.26. The van der Waals surface area contributed by atoms with Crippen LogP contribution in [0.25, 0.3) is 0 Å². The zero-order valence-corrected chi connectivity index (χ0v) is 9.04. The molecule has 0 aromatic carbocycles. The molecular formula is C7H13FO3S2. The Bertz CT molecular complexity index is 236. The molecule has 0 aromatic rings. The van der Waals surface area contributed by atoms with Gasteiger partial charge in [0.1, 0.15) is 0 Å². The number of hydrogen-bond donors (Lipinski definition) is 0. The minimum Gasteiger partial charge on any atom is -0.172 e. The molecule has 0 fully saturated rings. The molecule has 0 rings (SSSR count). The molecule has 0 N–H and O–H groups in total. The van der Waals surface area contributed by atoms with Crippen molar-refractivity contribution in [3.05, 3.63) is 12.2 Å². The molecule has 0 unspecified atom stereocenters. The predicted octanol–water partition coefficient (Wildman–Crippen LogP) is 2.61. The Balaban J connectivity index is 3.30. The third-order valence-corrected chi connectivity index (χ3v) is 2.55. The Morgan fingerprint density at radius 1 is 1.46 bits per heavy atom. The minimum atomic E-state index is -4.79. The van der Waals surface area contributed by atoms with Gasteiger partial charge in [-0.25, -0.2) is 0 Å². The molecule has 0 amide bonds. The highest BCUT2D eigenvalue weighted by Crippen LogP contribution is 2.09. The second-order valence-electron chi connectivity index (χ2n) is 2.36. The van der Waals surface area contributed by atoms with Crippen molar-refractivity contribution >= 4 is 22.5 Å². The van der Waals surface area contributed by atoms with Gasteiger partial charge in [-0.2, -0.15) is 12.0 Å². The number of allylic oxidation sites excluding steroid dienone is 1. The molecule has 0 spiro atoms. The lowest BCUT2D eigenvalue weighted by molar-refractivity contribution is 0.468. The Morgan fingerprint density at radius 2 is 2.15 bits per heavy atom. The van der Waals surface area contributed by atoms with Crippen molar-refractivity contribution in [3.8, 4) is 0 Å². The van der Waals surface area contributed by atoms with Crippen LogP contribution >= 0.6 is 12.0 Å². The van der Waals surface area contributed by atoms with E-state index in [1.165, 1.54) is 0 Å². The van der Waals surface area contributed by atoms with Crippen molar-refractivity contribution in [1.82, 2.24) is 0 Å². The summed E-state index contributed by atoms with van der Waals surface area (Å²) in [6.07, 6.45) is 6.85. The first-order chi connectivity index (χ1) is 6.06. The maximum Gasteiger partial charge on any atom is 0.448 e. The largest absolute Gasteiger partial charge is 0.448 e. The molecule has 0 aliphatic heterocycles. The number of rotatable bonds is 7. The summed E-state index contributed by atoms with van der Waals surface area (Å²) < 4.78 is 35.2. The molecule has 0 radical (unpaired) electrons. The van der Waals surface area contributed by atoms with Crippen LogP contribution in [0, 0.1) is 0 Å². The highest BCUT2D eigenvalue weighted by molar-refractivity contribution is 8.02. The Labute approximate surface area is 83.0 Å². The summed E-state index contributed by atoms with van der Waals surface area (Å²) in [7, 11) is -4.79. The zero-order chi connectivity index (χ0) is 10.2. The second kappa shape index (κ2) is 7.34. The topological polar surface area (TPSA) is 43.4 Å². The van der Waals surface area contributed by atoms with Gasteiger partial charge in [0.05, 0.1) is 0 Å². The van der Waals surface area contributed by atoms with Crippen LogP contribution in [-0.4, -0.2) is 14.2 Å². The van der Waals surface area contributed by atoms with Crippen LogP contribution in [0.2, 0.25) is 0 Å². The summed E-state index contributed by atoms with van der Waals surface area (Å²) in [5, 5.41) is 0. The van der Waals surface area contributed by atoms with Crippen LogP contribution in [0.1, 0.15) is 26.2 Å². The van der Waals surface area contributed by atoms with Gasteiger partial charge in [0.25, 0.3) is 0 Å². The predicted molar refractivity (Wildman–Crippen MR) is 52.2 cm³/mol. The number of unbranched alkanes of at least 4 members (excludes halogenated alkanes) is 2. The Kier molecular flexibility index (Phi) is 7.31. The third-order valence-electron chi connectivity index (χ3n) is 1.18. The first kappa shape index (κ1) is 12.9. The average Bonchev–Trinajstić information content (AvgIpc) is 2.01. The first-order valence-corrected chi connectivity index (χ1v) is 6.19. The van der Waals surface area contributed by atoms with E-state index in [2.05, 4.69) is 10.6 Å². The van der Waals surface area contributed by atoms with Gasteiger partial charge in [-0.1, -0.05) is 35.8 Å². The smallest absolute Gasteiger partial charge is 0.172 e. The summed E-state index contributed by atoms with van der Waals surface area (Å²) in [6, 6.07) is 0. The van der Waals surface area contributed by atoms with Gasteiger partial charge in [-0.05, 0) is 6.42 Å². The molecule has 0 aliphatic carbocycles. The molecule has 0 saturated carbocycles. The molecule has 0 aromatic heterocycles. The molecule has 3 nitrogen and oxygen atoms in total. The maximum absolute atomic E-state index is 11.7. The molecule has 6 heteroatoms. The van der Waals surface area contributed by atoms with Crippen molar-refractivity contribution in [3.63, 3.8) is 0 Å². The van der Waals surface area contributed by atoms with E-state index in [-0.39, 0.29) is 0 Å². The molecule has 0 bridgehead atoms. The van der Waals surface area contributed by atoms with Crippen LogP contribution < -0.4 is 0 Å². The fourth-order valence-electron chi connectivity index (χ4n) is 0.632. The van der Waals surface area contributed by atoms with Crippen molar-refractivity contribution < 1.29 is 15.9 Å². The summed E-state index contributed by atoms with van der Waals surface area (Å²) in [6.45, 7) is 2.08. The lowest BCUT2D eigenvalue weighted by Gasteiger charge is -1.92. The van der Waals surface area contributed by atoms with Gasteiger partial charge >= 0.3 is 10.5 Å². The fraction of sp³-hybridized carbons (Fsp3) is 0.714. The van der Waals surface area contributed by atoms with Gasteiger partial charge in [-0.3, -0.25) is 0 Å². The number of halogens is 1. The first-order valence-electron chi connectivity index (χ1n) is 3.97.